The lowest BCUT2D eigenvalue weighted by Gasteiger charge is -2.13. The summed E-state index contributed by atoms with van der Waals surface area (Å²) in [6.45, 7) is 3.32. The van der Waals surface area contributed by atoms with Crippen LogP contribution >= 0.6 is 22.9 Å². The molecule has 0 spiro atoms. The van der Waals surface area contributed by atoms with Crippen LogP contribution in [0.4, 0.5) is 0 Å². The maximum atomic E-state index is 6.02. The van der Waals surface area contributed by atoms with Crippen molar-refractivity contribution in [1.82, 2.24) is 5.32 Å². The molecule has 19 heavy (non-hydrogen) atoms. The summed E-state index contributed by atoms with van der Waals surface area (Å²) in [6, 6.07) is 11.5. The van der Waals surface area contributed by atoms with E-state index in [9.17, 15) is 0 Å². The highest BCUT2D eigenvalue weighted by Crippen LogP contribution is 2.37. The van der Waals surface area contributed by atoms with E-state index in [0.29, 0.717) is 6.04 Å². The van der Waals surface area contributed by atoms with Crippen molar-refractivity contribution in [2.24, 2.45) is 0 Å². The van der Waals surface area contributed by atoms with Gasteiger partial charge in [-0.25, -0.2) is 0 Å². The van der Waals surface area contributed by atoms with Gasteiger partial charge in [-0.05, 0) is 54.6 Å². The summed E-state index contributed by atoms with van der Waals surface area (Å²) in [5.41, 5.74) is 4.28. The second-order valence-corrected chi connectivity index (χ2v) is 6.78. The highest BCUT2D eigenvalue weighted by atomic mass is 35.5. The van der Waals surface area contributed by atoms with Crippen molar-refractivity contribution >= 4 is 22.9 Å². The first-order valence-electron chi connectivity index (χ1n) is 6.90. The zero-order valence-electron chi connectivity index (χ0n) is 11.1. The van der Waals surface area contributed by atoms with Crippen molar-refractivity contribution in [3.8, 4) is 10.4 Å². The van der Waals surface area contributed by atoms with Gasteiger partial charge in [-0.2, -0.15) is 0 Å². The van der Waals surface area contributed by atoms with E-state index in [4.69, 9.17) is 11.6 Å². The SMILES string of the molecule is CCCNC1CCc2cc(-c3ccc(Cl)s3)ccc21. The fourth-order valence-electron chi connectivity index (χ4n) is 2.77. The zero-order valence-corrected chi connectivity index (χ0v) is 12.7. The van der Waals surface area contributed by atoms with Gasteiger partial charge in [-0.1, -0.05) is 36.7 Å². The highest BCUT2D eigenvalue weighted by molar-refractivity contribution is 7.19. The van der Waals surface area contributed by atoms with Gasteiger partial charge in [0, 0.05) is 10.9 Å². The van der Waals surface area contributed by atoms with Crippen LogP contribution in [0.15, 0.2) is 30.3 Å². The van der Waals surface area contributed by atoms with Gasteiger partial charge < -0.3 is 5.32 Å². The molecule has 1 heterocycles. The van der Waals surface area contributed by atoms with Gasteiger partial charge in [0.25, 0.3) is 0 Å². The molecular weight excluding hydrogens is 274 g/mol. The van der Waals surface area contributed by atoms with E-state index >= 15 is 0 Å². The van der Waals surface area contributed by atoms with Gasteiger partial charge in [-0.15, -0.1) is 11.3 Å². The molecule has 3 heteroatoms. The molecule has 0 bridgehead atoms. The van der Waals surface area contributed by atoms with Gasteiger partial charge in [-0.3, -0.25) is 0 Å². The van der Waals surface area contributed by atoms with Gasteiger partial charge in [0.2, 0.25) is 0 Å². The summed E-state index contributed by atoms with van der Waals surface area (Å²) in [7, 11) is 0. The van der Waals surface area contributed by atoms with Crippen molar-refractivity contribution in [3.63, 3.8) is 0 Å². The predicted molar refractivity (Wildman–Crippen MR) is 84.1 cm³/mol. The number of nitrogens with one attached hydrogen (secondary N) is 1. The van der Waals surface area contributed by atoms with Crippen molar-refractivity contribution in [1.29, 1.82) is 0 Å². The molecule has 1 N–H and O–H groups in total. The Morgan fingerprint density at radius 3 is 2.95 bits per heavy atom. The maximum absolute atomic E-state index is 6.02. The lowest BCUT2D eigenvalue weighted by Crippen LogP contribution is -2.19. The Morgan fingerprint density at radius 1 is 1.32 bits per heavy atom. The van der Waals surface area contributed by atoms with Crippen molar-refractivity contribution < 1.29 is 0 Å². The number of aryl methyl sites for hydroxylation is 1. The Kier molecular flexibility index (Phi) is 3.92. The third-order valence-electron chi connectivity index (χ3n) is 3.72. The average molecular weight is 292 g/mol. The maximum Gasteiger partial charge on any atom is 0.0934 e. The minimum Gasteiger partial charge on any atom is -0.310 e. The minimum absolute atomic E-state index is 0.552. The number of hydrogen-bond acceptors (Lipinski definition) is 2. The molecule has 0 radical (unpaired) electrons. The van der Waals surface area contributed by atoms with Crippen LogP contribution in [0.1, 0.15) is 36.9 Å². The third-order valence-corrected chi connectivity index (χ3v) is 5.00. The van der Waals surface area contributed by atoms with Crippen LogP contribution in [0.25, 0.3) is 10.4 Å². The molecular formula is C16H18ClNS. The first kappa shape index (κ1) is 13.2. The summed E-state index contributed by atoms with van der Waals surface area (Å²) in [5.74, 6) is 0. The van der Waals surface area contributed by atoms with Gasteiger partial charge in [0.15, 0.2) is 0 Å². The van der Waals surface area contributed by atoms with Crippen LogP contribution in [0.2, 0.25) is 4.34 Å². The van der Waals surface area contributed by atoms with Crippen LogP contribution in [-0.4, -0.2) is 6.54 Å². The summed E-state index contributed by atoms with van der Waals surface area (Å²) in [4.78, 5) is 1.26. The number of hydrogen-bond donors (Lipinski definition) is 1. The Morgan fingerprint density at radius 2 is 2.21 bits per heavy atom. The second kappa shape index (κ2) is 5.66. The van der Waals surface area contributed by atoms with Crippen molar-refractivity contribution in [3.05, 3.63) is 45.8 Å². The topological polar surface area (TPSA) is 12.0 Å². The first-order chi connectivity index (χ1) is 9.28. The van der Waals surface area contributed by atoms with E-state index in [-0.39, 0.29) is 0 Å². The fraction of sp³-hybridized carbons (Fsp3) is 0.375. The molecule has 1 aromatic heterocycles. The Bertz CT molecular complexity index is 576. The highest BCUT2D eigenvalue weighted by Gasteiger charge is 2.22. The Balaban J connectivity index is 1.85. The first-order valence-corrected chi connectivity index (χ1v) is 8.09. The average Bonchev–Trinajstić information content (AvgIpc) is 3.02. The molecule has 2 aromatic rings. The van der Waals surface area contributed by atoms with Crippen LogP contribution in [0.5, 0.6) is 0 Å². The van der Waals surface area contributed by atoms with Crippen molar-refractivity contribution in [2.75, 3.05) is 6.54 Å². The van der Waals surface area contributed by atoms with E-state index in [1.54, 1.807) is 11.3 Å². The number of rotatable bonds is 4. The van der Waals surface area contributed by atoms with E-state index < -0.39 is 0 Å². The summed E-state index contributed by atoms with van der Waals surface area (Å²) < 4.78 is 0.859. The third kappa shape index (κ3) is 2.71. The quantitative estimate of drug-likeness (QED) is 0.830. The van der Waals surface area contributed by atoms with Crippen LogP contribution in [0, 0.1) is 0 Å². The lowest BCUT2D eigenvalue weighted by atomic mass is 10.0. The molecule has 1 nitrogen and oxygen atoms in total. The number of fused-ring (bicyclic) bond motifs is 1. The number of halogens is 1. The van der Waals surface area contributed by atoms with Gasteiger partial charge in [0.05, 0.1) is 4.34 Å². The Hall–Kier alpha value is -0.830. The van der Waals surface area contributed by atoms with Crippen LogP contribution in [0.3, 0.4) is 0 Å². The standard InChI is InChI=1S/C16H18ClNS/c1-2-9-18-14-6-4-11-10-12(3-5-13(11)14)15-7-8-16(17)19-15/h3,5,7-8,10,14,18H,2,4,6,9H2,1H3. The van der Waals surface area contributed by atoms with Crippen LogP contribution in [-0.2, 0) is 6.42 Å². The number of thiophene rings is 1. The second-order valence-electron chi connectivity index (χ2n) is 5.06. The van der Waals surface area contributed by atoms with Crippen LogP contribution < -0.4 is 5.32 Å². The molecule has 1 aromatic carbocycles. The van der Waals surface area contributed by atoms with E-state index in [0.717, 1.165) is 10.9 Å². The molecule has 0 amide bonds. The van der Waals surface area contributed by atoms with Gasteiger partial charge >= 0.3 is 0 Å². The molecule has 1 atom stereocenters. The normalized spacial score (nSPS) is 17.7. The molecule has 3 rings (SSSR count). The summed E-state index contributed by atoms with van der Waals surface area (Å²) in [5, 5.41) is 3.63. The van der Waals surface area contributed by atoms with Gasteiger partial charge in [0.1, 0.15) is 0 Å². The van der Waals surface area contributed by atoms with Crippen molar-refractivity contribution in [2.45, 2.75) is 32.2 Å². The summed E-state index contributed by atoms with van der Waals surface area (Å²) in [6.07, 6.45) is 3.60. The molecule has 0 saturated heterocycles. The molecule has 0 aliphatic heterocycles. The molecule has 0 saturated carbocycles. The largest absolute Gasteiger partial charge is 0.310 e. The molecule has 100 valence electrons. The smallest absolute Gasteiger partial charge is 0.0934 e. The Labute approximate surface area is 123 Å². The fourth-order valence-corrected chi connectivity index (χ4v) is 3.81. The van der Waals surface area contributed by atoms with E-state index in [1.807, 2.05) is 6.07 Å². The van der Waals surface area contributed by atoms with E-state index in [2.05, 4.69) is 36.5 Å². The monoisotopic (exact) mass is 291 g/mol. The molecule has 1 unspecified atom stereocenters. The number of benzene rings is 1. The summed E-state index contributed by atoms with van der Waals surface area (Å²) >= 11 is 7.67. The molecule has 1 aliphatic rings. The molecule has 0 fully saturated rings. The lowest BCUT2D eigenvalue weighted by molar-refractivity contribution is 0.529. The zero-order chi connectivity index (χ0) is 13.2. The minimum atomic E-state index is 0.552. The molecule has 1 aliphatic carbocycles. The van der Waals surface area contributed by atoms with E-state index in [1.165, 1.54) is 40.8 Å². The predicted octanol–water partition coefficient (Wildman–Crippen LogP) is 5.06.